The molecule has 0 saturated carbocycles. The second-order valence-corrected chi connectivity index (χ2v) is 10.7. The Hall–Kier alpha value is -3.72. The molecule has 9 heteroatoms. The largest absolute Gasteiger partial charge is 0.338 e. The lowest BCUT2D eigenvalue weighted by Crippen LogP contribution is -2.39. The van der Waals surface area contributed by atoms with Crippen LogP contribution in [-0.4, -0.2) is 46.9 Å². The van der Waals surface area contributed by atoms with Crippen LogP contribution in [-0.2, 0) is 10.0 Å². The molecule has 1 fully saturated rings. The number of amides is 1. The highest BCUT2D eigenvalue weighted by atomic mass is 32.2. The van der Waals surface area contributed by atoms with E-state index in [1.54, 1.807) is 43.3 Å². The molecule has 1 atom stereocenters. The number of nitrogens with one attached hydrogen (secondary N) is 1. The maximum absolute atomic E-state index is 13.2. The number of rotatable bonds is 5. The number of aryl methyl sites for hydroxylation is 2. The van der Waals surface area contributed by atoms with Crippen LogP contribution in [0.3, 0.4) is 0 Å². The first-order chi connectivity index (χ1) is 16.8. The van der Waals surface area contributed by atoms with Gasteiger partial charge in [0.1, 0.15) is 5.82 Å². The first kappa shape index (κ1) is 23.0. The number of likely N-dealkylation sites (tertiary alicyclic amines) is 1. The topological polar surface area (TPSA) is 96.7 Å². The SMILES string of the molecule is Cc1ccc(C)c(S(=O)(=O)Nc2ccc(C(=O)N3CCCC(c4nnc5ccccn45)C3)cc2)c1. The van der Waals surface area contributed by atoms with Gasteiger partial charge in [0.15, 0.2) is 5.65 Å². The molecule has 4 aromatic rings. The average molecular weight is 490 g/mol. The van der Waals surface area contributed by atoms with Crippen LogP contribution < -0.4 is 4.72 Å². The van der Waals surface area contributed by atoms with Crippen LogP contribution in [0.15, 0.2) is 71.8 Å². The molecule has 0 bridgehead atoms. The lowest BCUT2D eigenvalue weighted by atomic mass is 9.96. The second-order valence-electron chi connectivity index (χ2n) is 9.03. The monoisotopic (exact) mass is 489 g/mol. The van der Waals surface area contributed by atoms with Crippen molar-refractivity contribution in [1.29, 1.82) is 0 Å². The molecule has 0 radical (unpaired) electrons. The number of carbonyl (C=O) groups is 1. The number of sulfonamides is 1. The Morgan fingerprint density at radius 1 is 1.03 bits per heavy atom. The molecule has 3 heterocycles. The predicted octanol–water partition coefficient (Wildman–Crippen LogP) is 4.17. The van der Waals surface area contributed by atoms with Gasteiger partial charge in [-0.15, -0.1) is 10.2 Å². The number of nitrogens with zero attached hydrogens (tertiary/aromatic N) is 4. The molecule has 1 aliphatic rings. The van der Waals surface area contributed by atoms with Gasteiger partial charge in [0.25, 0.3) is 15.9 Å². The van der Waals surface area contributed by atoms with Gasteiger partial charge in [0.05, 0.1) is 4.90 Å². The summed E-state index contributed by atoms with van der Waals surface area (Å²) in [6.45, 7) is 4.86. The van der Waals surface area contributed by atoms with Crippen molar-refractivity contribution in [2.45, 2.75) is 37.5 Å². The number of hydrogen-bond acceptors (Lipinski definition) is 5. The molecule has 1 saturated heterocycles. The molecule has 0 spiro atoms. The molecule has 2 aromatic carbocycles. The zero-order valence-corrected chi connectivity index (χ0v) is 20.5. The summed E-state index contributed by atoms with van der Waals surface area (Å²) < 4.78 is 30.4. The summed E-state index contributed by atoms with van der Waals surface area (Å²) in [5, 5.41) is 8.62. The Balaban J connectivity index is 1.30. The van der Waals surface area contributed by atoms with E-state index in [2.05, 4.69) is 14.9 Å². The minimum Gasteiger partial charge on any atom is -0.338 e. The highest BCUT2D eigenvalue weighted by Crippen LogP contribution is 2.27. The van der Waals surface area contributed by atoms with Crippen LogP contribution in [0.5, 0.6) is 0 Å². The van der Waals surface area contributed by atoms with E-state index in [1.165, 1.54) is 0 Å². The first-order valence-electron chi connectivity index (χ1n) is 11.6. The molecule has 1 N–H and O–H groups in total. The Kier molecular flexibility index (Phi) is 6.02. The second kappa shape index (κ2) is 9.14. The van der Waals surface area contributed by atoms with Crippen LogP contribution in [0.2, 0.25) is 0 Å². The van der Waals surface area contributed by atoms with Gasteiger partial charge in [-0.1, -0.05) is 18.2 Å². The zero-order chi connectivity index (χ0) is 24.6. The average Bonchev–Trinajstić information content (AvgIpc) is 3.30. The van der Waals surface area contributed by atoms with Gasteiger partial charge >= 0.3 is 0 Å². The van der Waals surface area contributed by atoms with Gasteiger partial charge in [-0.3, -0.25) is 13.9 Å². The Labute approximate surface area is 204 Å². The molecular formula is C26H27N5O3S. The summed E-state index contributed by atoms with van der Waals surface area (Å²) in [5.74, 6) is 0.899. The highest BCUT2D eigenvalue weighted by Gasteiger charge is 2.28. The number of aromatic nitrogens is 3. The lowest BCUT2D eigenvalue weighted by Gasteiger charge is -2.32. The molecule has 1 unspecified atom stereocenters. The smallest absolute Gasteiger partial charge is 0.262 e. The van der Waals surface area contributed by atoms with Gasteiger partial charge in [-0.05, 0) is 80.3 Å². The van der Waals surface area contributed by atoms with E-state index in [1.807, 2.05) is 46.7 Å². The lowest BCUT2D eigenvalue weighted by molar-refractivity contribution is 0.0704. The molecule has 0 aliphatic carbocycles. The van der Waals surface area contributed by atoms with Gasteiger partial charge in [0.2, 0.25) is 0 Å². The number of anilines is 1. The quantitative estimate of drug-likeness (QED) is 0.454. The van der Waals surface area contributed by atoms with Gasteiger partial charge in [-0.2, -0.15) is 0 Å². The number of benzene rings is 2. The summed E-state index contributed by atoms with van der Waals surface area (Å²) in [4.78, 5) is 15.3. The third kappa shape index (κ3) is 4.64. The Bertz CT molecular complexity index is 1500. The van der Waals surface area contributed by atoms with Crippen molar-refractivity contribution in [2.24, 2.45) is 0 Å². The zero-order valence-electron chi connectivity index (χ0n) is 19.7. The minimum absolute atomic E-state index is 0.0764. The summed E-state index contributed by atoms with van der Waals surface area (Å²) in [5.41, 5.74) is 3.27. The standard InChI is InChI=1S/C26H27N5O3S/c1-18-8-9-19(2)23(16-18)35(33,34)29-22-12-10-20(11-13-22)26(32)30-14-5-6-21(17-30)25-28-27-24-7-3-4-15-31(24)25/h3-4,7-13,15-16,21,29H,5-6,14,17H2,1-2H3. The highest BCUT2D eigenvalue weighted by molar-refractivity contribution is 7.92. The summed E-state index contributed by atoms with van der Waals surface area (Å²) in [6.07, 6.45) is 3.77. The van der Waals surface area contributed by atoms with Crippen molar-refractivity contribution in [3.05, 3.63) is 89.4 Å². The van der Waals surface area contributed by atoms with Crippen molar-refractivity contribution in [3.63, 3.8) is 0 Å². The van der Waals surface area contributed by atoms with Crippen LogP contribution in [0.25, 0.3) is 5.65 Å². The minimum atomic E-state index is -3.73. The molecular weight excluding hydrogens is 462 g/mol. The third-order valence-corrected chi connectivity index (χ3v) is 7.95. The van der Waals surface area contributed by atoms with Gasteiger partial charge in [0, 0.05) is 36.5 Å². The number of hydrogen-bond donors (Lipinski definition) is 1. The fourth-order valence-electron chi connectivity index (χ4n) is 4.58. The molecule has 5 rings (SSSR count). The van der Waals surface area contributed by atoms with Crippen molar-refractivity contribution in [2.75, 3.05) is 17.8 Å². The number of piperidine rings is 1. The molecule has 8 nitrogen and oxygen atoms in total. The number of fused-ring (bicyclic) bond motifs is 1. The summed E-state index contributed by atoms with van der Waals surface area (Å²) in [6, 6.07) is 17.7. The fourth-order valence-corrected chi connectivity index (χ4v) is 5.97. The summed E-state index contributed by atoms with van der Waals surface area (Å²) in [7, 11) is -3.73. The van der Waals surface area contributed by atoms with E-state index in [9.17, 15) is 13.2 Å². The Morgan fingerprint density at radius 2 is 1.83 bits per heavy atom. The normalized spacial score (nSPS) is 16.4. The Morgan fingerprint density at radius 3 is 2.63 bits per heavy atom. The molecule has 35 heavy (non-hydrogen) atoms. The van der Waals surface area contributed by atoms with Crippen molar-refractivity contribution in [3.8, 4) is 0 Å². The third-order valence-electron chi connectivity index (χ3n) is 6.43. The fraction of sp³-hybridized carbons (Fsp3) is 0.269. The van der Waals surface area contributed by atoms with E-state index >= 15 is 0 Å². The number of carbonyl (C=O) groups excluding carboxylic acids is 1. The van der Waals surface area contributed by atoms with E-state index in [4.69, 9.17) is 0 Å². The van der Waals surface area contributed by atoms with Crippen LogP contribution in [0.1, 0.15) is 46.1 Å². The molecule has 2 aromatic heterocycles. The summed E-state index contributed by atoms with van der Waals surface area (Å²) >= 11 is 0. The van der Waals surface area contributed by atoms with Crippen LogP contribution >= 0.6 is 0 Å². The maximum Gasteiger partial charge on any atom is 0.262 e. The van der Waals surface area contributed by atoms with Crippen molar-refractivity contribution in [1.82, 2.24) is 19.5 Å². The van der Waals surface area contributed by atoms with Gasteiger partial charge < -0.3 is 4.90 Å². The molecule has 180 valence electrons. The maximum atomic E-state index is 13.2. The van der Waals surface area contributed by atoms with E-state index in [0.29, 0.717) is 29.9 Å². The van der Waals surface area contributed by atoms with Crippen molar-refractivity contribution < 1.29 is 13.2 Å². The van der Waals surface area contributed by atoms with E-state index < -0.39 is 10.0 Å². The van der Waals surface area contributed by atoms with Gasteiger partial charge in [-0.25, -0.2) is 8.42 Å². The molecule has 1 amide bonds. The molecule has 1 aliphatic heterocycles. The van der Waals surface area contributed by atoms with E-state index in [0.717, 1.165) is 29.9 Å². The van der Waals surface area contributed by atoms with Crippen LogP contribution in [0, 0.1) is 13.8 Å². The van der Waals surface area contributed by atoms with Crippen LogP contribution in [0.4, 0.5) is 5.69 Å². The first-order valence-corrected chi connectivity index (χ1v) is 13.1. The van der Waals surface area contributed by atoms with Crippen molar-refractivity contribution >= 4 is 27.3 Å². The van der Waals surface area contributed by atoms with E-state index in [-0.39, 0.29) is 16.7 Å². The predicted molar refractivity (Wildman–Crippen MR) is 134 cm³/mol. The number of pyridine rings is 1.